The van der Waals surface area contributed by atoms with E-state index in [-0.39, 0.29) is 22.6 Å². The quantitative estimate of drug-likeness (QED) is 0.394. The topological polar surface area (TPSA) is 91.6 Å². The lowest BCUT2D eigenvalue weighted by Crippen LogP contribution is -2.72. The van der Waals surface area contributed by atoms with Crippen molar-refractivity contribution < 1.29 is 41.1 Å². The maximum absolute atomic E-state index is 13.9. The van der Waals surface area contributed by atoms with Gasteiger partial charge >= 0.3 is 12.2 Å². The lowest BCUT2D eigenvalue weighted by molar-refractivity contribution is -0.288. The van der Waals surface area contributed by atoms with Gasteiger partial charge in [0.25, 0.3) is 0 Å². The molecule has 4 rings (SSSR count). The van der Waals surface area contributed by atoms with Crippen LogP contribution in [0.4, 0.5) is 26.7 Å². The molecule has 2 amide bonds. The van der Waals surface area contributed by atoms with Crippen molar-refractivity contribution in [2.75, 3.05) is 0 Å². The summed E-state index contributed by atoms with van der Waals surface area (Å²) in [7, 11) is 0. The Balaban J connectivity index is 1.81. The zero-order chi connectivity index (χ0) is 24.0. The number of alkyl halides is 3. The lowest BCUT2D eigenvalue weighted by Gasteiger charge is -2.44. The molecule has 6 nitrogen and oxygen atoms in total. The predicted molar refractivity (Wildman–Crippen MR) is 104 cm³/mol. The summed E-state index contributed by atoms with van der Waals surface area (Å²) in [6, 6.07) is 8.22. The van der Waals surface area contributed by atoms with Crippen LogP contribution < -0.4 is 10.6 Å². The van der Waals surface area contributed by atoms with Gasteiger partial charge in [0.2, 0.25) is 5.72 Å². The Morgan fingerprint density at radius 3 is 2.33 bits per heavy atom. The monoisotopic (exact) mass is 466 g/mol. The molecule has 0 saturated carbocycles. The third kappa shape index (κ3) is 4.07. The first-order valence-corrected chi connectivity index (χ1v) is 9.53. The van der Waals surface area contributed by atoms with Gasteiger partial charge in [0, 0.05) is 11.1 Å². The summed E-state index contributed by atoms with van der Waals surface area (Å²) in [5.74, 6) is -5.11. The molecule has 3 aromatic rings. The molecule has 0 spiro atoms. The van der Waals surface area contributed by atoms with Crippen molar-refractivity contribution in [3.63, 3.8) is 0 Å². The number of urea groups is 1. The maximum atomic E-state index is 13.9. The van der Waals surface area contributed by atoms with Crippen LogP contribution in [0.5, 0.6) is 0 Å². The highest BCUT2D eigenvalue weighted by Crippen LogP contribution is 2.44. The van der Waals surface area contributed by atoms with Crippen LogP contribution in [0.15, 0.2) is 65.1 Å². The third-order valence-electron chi connectivity index (χ3n) is 5.26. The molecule has 1 aliphatic heterocycles. The van der Waals surface area contributed by atoms with E-state index in [1.807, 2.05) is 0 Å². The summed E-state index contributed by atoms with van der Waals surface area (Å²) in [5.41, 5.74) is -4.03. The number of amides is 2. The average molecular weight is 466 g/mol. The van der Waals surface area contributed by atoms with Crippen LogP contribution >= 0.6 is 0 Å². The van der Waals surface area contributed by atoms with E-state index in [1.165, 1.54) is 35.6 Å². The van der Waals surface area contributed by atoms with Crippen LogP contribution in [0.25, 0.3) is 11.3 Å². The normalized spacial score (nSPS) is 23.0. The average Bonchev–Trinajstić information content (AvgIpc) is 3.23. The number of rotatable bonds is 4. The van der Waals surface area contributed by atoms with E-state index >= 15 is 0 Å². The molecule has 3 atom stereocenters. The van der Waals surface area contributed by atoms with Crippen LogP contribution in [0, 0.1) is 17.6 Å². The molecule has 1 fully saturated rings. The van der Waals surface area contributed by atoms with Gasteiger partial charge in [-0.15, -0.1) is 0 Å². The molecule has 3 N–H and O–H groups in total. The van der Waals surface area contributed by atoms with E-state index < -0.39 is 47.3 Å². The Morgan fingerprint density at radius 2 is 1.70 bits per heavy atom. The first-order chi connectivity index (χ1) is 15.5. The molecule has 1 saturated heterocycles. The second kappa shape index (κ2) is 8.00. The number of hydrogen-bond donors (Lipinski definition) is 3. The third-order valence-corrected chi connectivity index (χ3v) is 5.26. The minimum atomic E-state index is -5.46. The van der Waals surface area contributed by atoms with Crippen LogP contribution in [-0.2, 0) is 0 Å². The molecular formula is C22H15F5N2O4. The highest BCUT2D eigenvalue weighted by Gasteiger charge is 2.66. The Hall–Kier alpha value is -3.73. The van der Waals surface area contributed by atoms with Crippen LogP contribution in [0.3, 0.4) is 0 Å². The van der Waals surface area contributed by atoms with Gasteiger partial charge in [0.1, 0.15) is 35.1 Å². The van der Waals surface area contributed by atoms with Crippen LogP contribution in [0.1, 0.15) is 22.2 Å². The number of Topliss-reactive ketones (excluding diaryl/α,β-unsaturated/α-hetero) is 1. The van der Waals surface area contributed by atoms with Gasteiger partial charge in [-0.25, -0.2) is 13.6 Å². The lowest BCUT2D eigenvalue weighted by atomic mass is 9.79. The van der Waals surface area contributed by atoms with Gasteiger partial charge in [-0.1, -0.05) is 12.1 Å². The van der Waals surface area contributed by atoms with Crippen molar-refractivity contribution in [2.45, 2.75) is 17.9 Å². The maximum Gasteiger partial charge on any atom is 0.437 e. The molecule has 2 aromatic carbocycles. The molecule has 33 heavy (non-hydrogen) atoms. The van der Waals surface area contributed by atoms with Gasteiger partial charge in [0.05, 0.1) is 0 Å². The zero-order valence-corrected chi connectivity index (χ0v) is 16.5. The molecule has 0 aliphatic carbocycles. The molecule has 11 heteroatoms. The molecule has 2 heterocycles. The van der Waals surface area contributed by atoms with Crippen molar-refractivity contribution in [3.8, 4) is 11.3 Å². The largest absolute Gasteiger partial charge is 0.459 e. The SMILES string of the molecule is O=C1NC(c2ccc(-c3cccc(F)c3)o2)C(C(=O)c2ccc(F)cc2)C(O)(C(F)(F)F)N1. The minimum absolute atomic E-state index is 0.0563. The van der Waals surface area contributed by atoms with Gasteiger partial charge in [0.15, 0.2) is 5.78 Å². The van der Waals surface area contributed by atoms with Gasteiger partial charge < -0.3 is 20.2 Å². The molecule has 0 bridgehead atoms. The predicted octanol–water partition coefficient (Wildman–Crippen LogP) is 4.33. The van der Waals surface area contributed by atoms with Crippen molar-refractivity contribution in [1.82, 2.24) is 10.6 Å². The Labute approximate surface area is 183 Å². The number of aliphatic hydroxyl groups is 1. The van der Waals surface area contributed by atoms with Crippen molar-refractivity contribution in [3.05, 3.63) is 83.6 Å². The van der Waals surface area contributed by atoms with Crippen molar-refractivity contribution in [1.29, 1.82) is 0 Å². The summed E-state index contributed by atoms with van der Waals surface area (Å²) >= 11 is 0. The van der Waals surface area contributed by atoms with Crippen LogP contribution in [0.2, 0.25) is 0 Å². The molecule has 172 valence electrons. The van der Waals surface area contributed by atoms with E-state index in [0.717, 1.165) is 30.3 Å². The number of ketones is 1. The summed E-state index contributed by atoms with van der Waals surface area (Å²) in [4.78, 5) is 25.2. The van der Waals surface area contributed by atoms with Crippen molar-refractivity contribution >= 4 is 11.8 Å². The van der Waals surface area contributed by atoms with E-state index in [4.69, 9.17) is 4.42 Å². The standard InChI is InChI=1S/C22H15F5N2O4/c23-13-6-4-11(5-7-13)19(30)17-18(28-20(31)29-21(17,32)22(25,26)27)16-9-8-15(33-16)12-2-1-3-14(24)10-12/h1-10,17-18,32H,(H2,28,29,31). The fourth-order valence-electron chi connectivity index (χ4n) is 3.69. The second-order valence-electron chi connectivity index (χ2n) is 7.40. The molecule has 1 aromatic heterocycles. The molecule has 1 aliphatic rings. The summed E-state index contributed by atoms with van der Waals surface area (Å²) in [6.45, 7) is 0. The number of carbonyl (C=O) groups excluding carboxylic acids is 2. The second-order valence-corrected chi connectivity index (χ2v) is 7.40. The number of nitrogens with one attached hydrogen (secondary N) is 2. The summed E-state index contributed by atoms with van der Waals surface area (Å²) in [5, 5.41) is 14.1. The number of furan rings is 1. The van der Waals surface area contributed by atoms with Crippen LogP contribution in [-0.4, -0.2) is 28.8 Å². The Bertz CT molecular complexity index is 1210. The molecule has 3 unspecified atom stereocenters. The fraction of sp³-hybridized carbons (Fsp3) is 0.182. The highest BCUT2D eigenvalue weighted by atomic mass is 19.4. The fourth-order valence-corrected chi connectivity index (χ4v) is 3.69. The number of hydrogen-bond acceptors (Lipinski definition) is 4. The molecule has 0 radical (unpaired) electrons. The van der Waals surface area contributed by atoms with E-state index in [9.17, 15) is 36.6 Å². The van der Waals surface area contributed by atoms with Crippen molar-refractivity contribution in [2.24, 2.45) is 5.92 Å². The molecular weight excluding hydrogens is 451 g/mol. The first kappa shape index (κ1) is 22.5. The number of carbonyl (C=O) groups is 2. The zero-order valence-electron chi connectivity index (χ0n) is 16.5. The van der Waals surface area contributed by atoms with Gasteiger partial charge in [-0.3, -0.25) is 4.79 Å². The minimum Gasteiger partial charge on any atom is -0.459 e. The Kier molecular flexibility index (Phi) is 5.44. The number of halogens is 5. The van der Waals surface area contributed by atoms with E-state index in [1.54, 1.807) is 0 Å². The number of benzene rings is 2. The summed E-state index contributed by atoms with van der Waals surface area (Å²) in [6.07, 6.45) is -5.46. The first-order valence-electron chi connectivity index (χ1n) is 9.53. The van der Waals surface area contributed by atoms with Gasteiger partial charge in [-0.2, -0.15) is 13.2 Å². The highest BCUT2D eigenvalue weighted by molar-refractivity contribution is 6.00. The van der Waals surface area contributed by atoms with Gasteiger partial charge in [-0.05, 0) is 48.5 Å². The smallest absolute Gasteiger partial charge is 0.437 e. The summed E-state index contributed by atoms with van der Waals surface area (Å²) < 4.78 is 74.1. The van der Waals surface area contributed by atoms with E-state index in [2.05, 4.69) is 5.32 Å². The Morgan fingerprint density at radius 1 is 1.00 bits per heavy atom. The van der Waals surface area contributed by atoms with E-state index in [0.29, 0.717) is 0 Å².